The highest BCUT2D eigenvalue weighted by molar-refractivity contribution is 7.89. The Morgan fingerprint density at radius 1 is 0.776 bits per heavy atom. The summed E-state index contributed by atoms with van der Waals surface area (Å²) in [6.45, 7) is 0.530. The van der Waals surface area contributed by atoms with Crippen molar-refractivity contribution in [3.05, 3.63) is 119 Å². The van der Waals surface area contributed by atoms with Gasteiger partial charge in [-0.1, -0.05) is 60.7 Å². The van der Waals surface area contributed by atoms with E-state index < -0.39 is 16.1 Å². The van der Waals surface area contributed by atoms with Gasteiger partial charge in [-0.25, -0.2) is 13.1 Å². The molecule has 0 aromatic heterocycles. The quantitative estimate of drug-likeness (QED) is 0.156. The fraction of sp³-hybridized carbons (Fsp3) is 0.316. The van der Waals surface area contributed by atoms with Crippen LogP contribution in [0.1, 0.15) is 47.6 Å². The van der Waals surface area contributed by atoms with E-state index in [9.17, 15) is 18.0 Å². The SMILES string of the molecule is COc1ccc(CN(C(=O)CCc2ccc(S(=O)(=O)NC3CC3)cc2)C(C(=O)NCCc2ccc(OC)c(OC)c2)c2ccccc2)cc1. The number of benzene rings is 4. The molecule has 4 aromatic rings. The Bertz CT molecular complexity index is 1810. The number of rotatable bonds is 17. The van der Waals surface area contributed by atoms with Gasteiger partial charge in [0.15, 0.2) is 11.5 Å². The molecule has 258 valence electrons. The predicted molar refractivity (Wildman–Crippen MR) is 187 cm³/mol. The van der Waals surface area contributed by atoms with E-state index in [1.54, 1.807) is 50.5 Å². The van der Waals surface area contributed by atoms with Gasteiger partial charge in [0.25, 0.3) is 0 Å². The normalized spacial score (nSPS) is 13.3. The molecule has 1 aliphatic carbocycles. The zero-order chi connectivity index (χ0) is 34.8. The molecule has 1 unspecified atom stereocenters. The maximum absolute atomic E-state index is 14.1. The van der Waals surface area contributed by atoms with Gasteiger partial charge in [0.1, 0.15) is 11.8 Å². The van der Waals surface area contributed by atoms with Gasteiger partial charge in [0.05, 0.1) is 26.2 Å². The number of ether oxygens (including phenoxy) is 3. The molecule has 4 aromatic carbocycles. The lowest BCUT2D eigenvalue weighted by molar-refractivity contribution is -0.141. The van der Waals surface area contributed by atoms with Crippen molar-refractivity contribution in [1.29, 1.82) is 0 Å². The van der Waals surface area contributed by atoms with Crippen LogP contribution in [0.25, 0.3) is 0 Å². The Morgan fingerprint density at radius 3 is 2.06 bits per heavy atom. The Morgan fingerprint density at radius 2 is 1.43 bits per heavy atom. The third kappa shape index (κ3) is 9.61. The molecule has 1 fully saturated rings. The number of amides is 2. The topological polar surface area (TPSA) is 123 Å². The monoisotopic (exact) mass is 685 g/mol. The molecule has 11 heteroatoms. The van der Waals surface area contributed by atoms with Gasteiger partial charge in [-0.05, 0) is 84.3 Å². The zero-order valence-corrected chi connectivity index (χ0v) is 28.9. The van der Waals surface area contributed by atoms with Crippen LogP contribution in [0.2, 0.25) is 0 Å². The summed E-state index contributed by atoms with van der Waals surface area (Å²) < 4.78 is 44.0. The number of methoxy groups -OCH3 is 3. The second-order valence-electron chi connectivity index (χ2n) is 12.0. The number of hydrogen-bond acceptors (Lipinski definition) is 7. The lowest BCUT2D eigenvalue weighted by Gasteiger charge is -2.32. The van der Waals surface area contributed by atoms with Gasteiger partial charge in [0, 0.05) is 25.6 Å². The summed E-state index contributed by atoms with van der Waals surface area (Å²) in [6.07, 6.45) is 2.74. The first-order chi connectivity index (χ1) is 23.7. The summed E-state index contributed by atoms with van der Waals surface area (Å²) in [5.41, 5.74) is 3.30. The average molecular weight is 686 g/mol. The number of nitrogens with zero attached hydrogens (tertiary/aromatic N) is 1. The molecule has 10 nitrogen and oxygen atoms in total. The van der Waals surface area contributed by atoms with Crippen LogP contribution in [0.5, 0.6) is 17.2 Å². The summed E-state index contributed by atoms with van der Waals surface area (Å²) in [7, 11) is 1.18. The molecule has 49 heavy (non-hydrogen) atoms. The highest BCUT2D eigenvalue weighted by Gasteiger charge is 2.32. The highest BCUT2D eigenvalue weighted by atomic mass is 32.2. The number of sulfonamides is 1. The van der Waals surface area contributed by atoms with Gasteiger partial charge in [-0.2, -0.15) is 0 Å². The summed E-state index contributed by atoms with van der Waals surface area (Å²) in [4.78, 5) is 30.0. The molecule has 0 saturated heterocycles. The highest BCUT2D eigenvalue weighted by Crippen LogP contribution is 2.29. The second-order valence-corrected chi connectivity index (χ2v) is 13.7. The summed E-state index contributed by atoms with van der Waals surface area (Å²) in [6, 6.07) is 28.0. The van der Waals surface area contributed by atoms with Crippen molar-refractivity contribution in [1.82, 2.24) is 14.9 Å². The molecular formula is C38H43N3O7S. The molecule has 5 rings (SSSR count). The zero-order valence-electron chi connectivity index (χ0n) is 28.1. The summed E-state index contributed by atoms with van der Waals surface area (Å²) >= 11 is 0. The number of hydrogen-bond donors (Lipinski definition) is 2. The maximum atomic E-state index is 14.1. The van der Waals surface area contributed by atoms with Crippen LogP contribution in [0, 0.1) is 0 Å². The Balaban J connectivity index is 1.35. The van der Waals surface area contributed by atoms with E-state index in [4.69, 9.17) is 14.2 Å². The number of aryl methyl sites for hydroxylation is 1. The third-order valence-electron chi connectivity index (χ3n) is 8.43. The average Bonchev–Trinajstić information content (AvgIpc) is 3.94. The fourth-order valence-electron chi connectivity index (χ4n) is 5.54. The van der Waals surface area contributed by atoms with Gasteiger partial charge in [-0.3, -0.25) is 9.59 Å². The molecular weight excluding hydrogens is 642 g/mol. The third-order valence-corrected chi connectivity index (χ3v) is 9.97. The predicted octanol–water partition coefficient (Wildman–Crippen LogP) is 5.21. The smallest absolute Gasteiger partial charge is 0.247 e. The van der Waals surface area contributed by atoms with E-state index in [-0.39, 0.29) is 35.7 Å². The van der Waals surface area contributed by atoms with Crippen LogP contribution in [0.15, 0.2) is 102 Å². The van der Waals surface area contributed by atoms with Crippen molar-refractivity contribution in [3.63, 3.8) is 0 Å². The summed E-state index contributed by atoms with van der Waals surface area (Å²) in [5, 5.41) is 3.06. The minimum atomic E-state index is -3.57. The van der Waals surface area contributed by atoms with E-state index in [0.717, 1.165) is 29.5 Å². The van der Waals surface area contributed by atoms with Crippen molar-refractivity contribution in [2.24, 2.45) is 0 Å². The molecule has 0 aliphatic heterocycles. The molecule has 1 saturated carbocycles. The molecule has 0 heterocycles. The van der Waals surface area contributed by atoms with Crippen LogP contribution in [-0.4, -0.2) is 59.0 Å². The Labute approximate surface area is 288 Å². The molecule has 0 bridgehead atoms. The van der Waals surface area contributed by atoms with Gasteiger partial charge in [0.2, 0.25) is 21.8 Å². The number of carbonyl (C=O) groups excluding carboxylic acids is 2. The van der Waals surface area contributed by atoms with Crippen LogP contribution < -0.4 is 24.2 Å². The number of carbonyl (C=O) groups is 2. The van der Waals surface area contributed by atoms with Crippen LogP contribution in [-0.2, 0) is 39.0 Å². The second kappa shape index (κ2) is 16.5. The minimum absolute atomic E-state index is 0.0136. The molecule has 1 atom stereocenters. The Kier molecular flexibility index (Phi) is 11.9. The summed E-state index contributed by atoms with van der Waals surface area (Å²) in [5.74, 6) is 1.40. The molecule has 2 N–H and O–H groups in total. The lowest BCUT2D eigenvalue weighted by atomic mass is 10.0. The van der Waals surface area contributed by atoms with Crippen molar-refractivity contribution >= 4 is 21.8 Å². The van der Waals surface area contributed by atoms with Crippen molar-refractivity contribution < 1.29 is 32.2 Å². The van der Waals surface area contributed by atoms with Crippen molar-refractivity contribution in [3.8, 4) is 17.2 Å². The maximum Gasteiger partial charge on any atom is 0.247 e. The standard InChI is InChI=1S/C38H43N3O7S/c1-46-32-17-9-29(10-18-32)26-41(36(42)22-14-27-11-19-33(20-12-27)49(44,45)40-31-15-16-31)37(30-7-5-4-6-8-30)38(43)39-24-23-28-13-21-34(47-2)35(25-28)48-3/h4-13,17-21,25,31,37,40H,14-16,22-24,26H2,1-3H3,(H,39,43). The number of nitrogens with one attached hydrogen (secondary N) is 2. The van der Waals surface area contributed by atoms with Crippen LogP contribution >= 0.6 is 0 Å². The van der Waals surface area contributed by atoms with Crippen LogP contribution in [0.3, 0.4) is 0 Å². The largest absolute Gasteiger partial charge is 0.497 e. The molecule has 0 spiro atoms. The van der Waals surface area contributed by atoms with E-state index >= 15 is 0 Å². The van der Waals surface area contributed by atoms with Crippen molar-refractivity contribution in [2.45, 2.75) is 55.6 Å². The molecule has 1 aliphatic rings. The lowest BCUT2D eigenvalue weighted by Crippen LogP contribution is -2.44. The van der Waals surface area contributed by atoms with Gasteiger partial charge < -0.3 is 24.4 Å². The van der Waals surface area contributed by atoms with E-state index in [1.165, 1.54) is 0 Å². The van der Waals surface area contributed by atoms with E-state index in [1.807, 2.05) is 72.8 Å². The molecule has 0 radical (unpaired) electrons. The Hall–Kier alpha value is -4.87. The first kappa shape index (κ1) is 35.4. The minimum Gasteiger partial charge on any atom is -0.497 e. The van der Waals surface area contributed by atoms with Crippen LogP contribution in [0.4, 0.5) is 0 Å². The molecule has 2 amide bonds. The first-order valence-electron chi connectivity index (χ1n) is 16.3. The van der Waals surface area contributed by atoms with Gasteiger partial charge >= 0.3 is 0 Å². The van der Waals surface area contributed by atoms with E-state index in [2.05, 4.69) is 10.0 Å². The van der Waals surface area contributed by atoms with Gasteiger partial charge in [-0.15, -0.1) is 0 Å². The first-order valence-corrected chi connectivity index (χ1v) is 17.8. The fourth-order valence-corrected chi connectivity index (χ4v) is 6.85. The van der Waals surface area contributed by atoms with Crippen molar-refractivity contribution in [2.75, 3.05) is 27.9 Å². The van der Waals surface area contributed by atoms with E-state index in [0.29, 0.717) is 42.2 Å².